The third-order valence-electron chi connectivity index (χ3n) is 3.57. The first-order valence-corrected chi connectivity index (χ1v) is 6.27. The van der Waals surface area contributed by atoms with Crippen LogP contribution in [0.2, 0.25) is 0 Å². The first-order valence-electron chi connectivity index (χ1n) is 6.27. The van der Waals surface area contributed by atoms with Crippen LogP contribution in [0.4, 0.5) is 0 Å². The number of amides is 2. The number of nitrogens with zero attached hydrogens (tertiary/aromatic N) is 1. The molecule has 0 aromatic rings. The number of carbonyl (C=O) groups is 3. The van der Waals surface area contributed by atoms with Crippen molar-refractivity contribution in [3.63, 3.8) is 0 Å². The Balaban J connectivity index is 1.87. The van der Waals surface area contributed by atoms with Gasteiger partial charge in [-0.3, -0.25) is 14.4 Å². The summed E-state index contributed by atoms with van der Waals surface area (Å²) in [6.07, 6.45) is 2.17. The van der Waals surface area contributed by atoms with Crippen LogP contribution in [-0.2, 0) is 14.4 Å². The third-order valence-corrected chi connectivity index (χ3v) is 3.57. The SMILES string of the molecule is CC(=O)N[C@@H]1CCCN(C(=O)[C@@H]2C[C@@H]2C(=O)O)C1. The molecule has 0 aromatic carbocycles. The molecule has 0 spiro atoms. The molecule has 2 aliphatic rings. The van der Waals surface area contributed by atoms with Gasteiger partial charge in [0.25, 0.3) is 0 Å². The van der Waals surface area contributed by atoms with Crippen molar-refractivity contribution in [1.29, 1.82) is 0 Å². The number of carboxylic acid groups (broad SMARTS) is 1. The van der Waals surface area contributed by atoms with Crippen LogP contribution in [0.5, 0.6) is 0 Å². The van der Waals surface area contributed by atoms with Crippen molar-refractivity contribution < 1.29 is 19.5 Å². The van der Waals surface area contributed by atoms with Gasteiger partial charge in [-0.1, -0.05) is 0 Å². The van der Waals surface area contributed by atoms with Gasteiger partial charge < -0.3 is 15.3 Å². The standard InChI is InChI=1S/C12H18N2O4/c1-7(15)13-8-3-2-4-14(6-8)11(16)9-5-10(9)12(17)18/h8-10H,2-6H2,1H3,(H,13,15)(H,17,18)/t8-,9-,10+/m1/s1. The zero-order chi connectivity index (χ0) is 13.3. The van der Waals surface area contributed by atoms with E-state index in [-0.39, 0.29) is 23.8 Å². The van der Waals surface area contributed by atoms with Gasteiger partial charge in [0, 0.05) is 26.1 Å². The lowest BCUT2D eigenvalue weighted by atomic mass is 10.0. The summed E-state index contributed by atoms with van der Waals surface area (Å²) in [5, 5.41) is 11.6. The Labute approximate surface area is 105 Å². The van der Waals surface area contributed by atoms with E-state index >= 15 is 0 Å². The highest BCUT2D eigenvalue weighted by Gasteiger charge is 2.50. The molecule has 2 N–H and O–H groups in total. The maximum absolute atomic E-state index is 12.1. The summed E-state index contributed by atoms with van der Waals surface area (Å²) in [5.74, 6) is -1.90. The summed E-state index contributed by atoms with van der Waals surface area (Å²) < 4.78 is 0. The number of hydrogen-bond donors (Lipinski definition) is 2. The van der Waals surface area contributed by atoms with Gasteiger partial charge >= 0.3 is 5.97 Å². The number of carbonyl (C=O) groups excluding carboxylic acids is 2. The fourth-order valence-electron chi connectivity index (χ4n) is 2.56. The van der Waals surface area contributed by atoms with E-state index in [0.717, 1.165) is 12.8 Å². The Kier molecular flexibility index (Phi) is 3.54. The number of carboxylic acids is 1. The van der Waals surface area contributed by atoms with Crippen molar-refractivity contribution in [3.05, 3.63) is 0 Å². The van der Waals surface area contributed by atoms with Gasteiger partial charge in [-0.05, 0) is 19.3 Å². The average molecular weight is 254 g/mol. The molecule has 6 nitrogen and oxygen atoms in total. The predicted octanol–water partition coefficient (Wildman–Crippen LogP) is -0.166. The van der Waals surface area contributed by atoms with E-state index in [1.54, 1.807) is 4.90 Å². The fourth-order valence-corrected chi connectivity index (χ4v) is 2.56. The third kappa shape index (κ3) is 2.80. The molecule has 2 fully saturated rings. The monoisotopic (exact) mass is 254 g/mol. The summed E-state index contributed by atoms with van der Waals surface area (Å²) in [6, 6.07) is 0.00206. The molecule has 0 aromatic heterocycles. The largest absolute Gasteiger partial charge is 0.481 e. The molecule has 1 saturated heterocycles. The molecule has 3 atom stereocenters. The molecule has 1 saturated carbocycles. The lowest BCUT2D eigenvalue weighted by Crippen LogP contribution is -2.49. The minimum absolute atomic E-state index is 0.00206. The molecular formula is C12H18N2O4. The van der Waals surface area contributed by atoms with Crippen LogP contribution in [0, 0.1) is 11.8 Å². The molecule has 0 bridgehead atoms. The topological polar surface area (TPSA) is 86.7 Å². The molecule has 1 aliphatic heterocycles. The van der Waals surface area contributed by atoms with Gasteiger partial charge in [0.15, 0.2) is 0 Å². The van der Waals surface area contributed by atoms with Gasteiger partial charge in [0.1, 0.15) is 0 Å². The summed E-state index contributed by atoms with van der Waals surface area (Å²) in [5.41, 5.74) is 0. The molecule has 0 radical (unpaired) electrons. The summed E-state index contributed by atoms with van der Waals surface area (Å²) >= 11 is 0. The minimum atomic E-state index is -0.885. The van der Waals surface area contributed by atoms with E-state index in [9.17, 15) is 14.4 Å². The van der Waals surface area contributed by atoms with Crippen LogP contribution in [0.1, 0.15) is 26.2 Å². The second-order valence-corrected chi connectivity index (χ2v) is 5.11. The van der Waals surface area contributed by atoms with Crippen molar-refractivity contribution >= 4 is 17.8 Å². The highest BCUT2D eigenvalue weighted by Crippen LogP contribution is 2.40. The normalized spacial score (nSPS) is 30.7. The van der Waals surface area contributed by atoms with Crippen LogP contribution in [0.3, 0.4) is 0 Å². The lowest BCUT2D eigenvalue weighted by Gasteiger charge is -2.33. The second kappa shape index (κ2) is 4.96. The van der Waals surface area contributed by atoms with E-state index in [2.05, 4.69) is 5.32 Å². The van der Waals surface area contributed by atoms with Crippen molar-refractivity contribution in [2.45, 2.75) is 32.2 Å². The highest BCUT2D eigenvalue weighted by atomic mass is 16.4. The lowest BCUT2D eigenvalue weighted by molar-refractivity contribution is -0.142. The molecule has 2 amide bonds. The summed E-state index contributed by atoms with van der Waals surface area (Å²) in [6.45, 7) is 2.63. The van der Waals surface area contributed by atoms with E-state index in [1.165, 1.54) is 6.92 Å². The maximum atomic E-state index is 12.1. The van der Waals surface area contributed by atoms with Gasteiger partial charge in [-0.25, -0.2) is 0 Å². The molecule has 100 valence electrons. The van der Waals surface area contributed by atoms with Crippen molar-refractivity contribution in [2.24, 2.45) is 11.8 Å². The first-order chi connectivity index (χ1) is 8.49. The Hall–Kier alpha value is -1.59. The van der Waals surface area contributed by atoms with Gasteiger partial charge in [-0.2, -0.15) is 0 Å². The van der Waals surface area contributed by atoms with Crippen LogP contribution < -0.4 is 5.32 Å². The number of aliphatic carboxylic acids is 1. The van der Waals surface area contributed by atoms with Crippen molar-refractivity contribution in [1.82, 2.24) is 10.2 Å². The smallest absolute Gasteiger partial charge is 0.307 e. The van der Waals surface area contributed by atoms with Gasteiger partial charge in [-0.15, -0.1) is 0 Å². The number of rotatable bonds is 3. The number of nitrogens with one attached hydrogen (secondary N) is 1. The zero-order valence-corrected chi connectivity index (χ0v) is 10.4. The molecule has 2 rings (SSSR count). The van der Waals surface area contributed by atoms with E-state index in [0.29, 0.717) is 19.5 Å². The molecule has 1 heterocycles. The van der Waals surface area contributed by atoms with Crippen molar-refractivity contribution in [2.75, 3.05) is 13.1 Å². The first kappa shape index (κ1) is 12.9. The molecule has 0 unspecified atom stereocenters. The van der Waals surface area contributed by atoms with Crippen molar-refractivity contribution in [3.8, 4) is 0 Å². The van der Waals surface area contributed by atoms with Crippen LogP contribution in [0.25, 0.3) is 0 Å². The summed E-state index contributed by atoms with van der Waals surface area (Å²) in [4.78, 5) is 35.5. The number of hydrogen-bond acceptors (Lipinski definition) is 3. The molecule has 18 heavy (non-hydrogen) atoms. The molecule has 1 aliphatic carbocycles. The van der Waals surface area contributed by atoms with Crippen LogP contribution >= 0.6 is 0 Å². The Morgan fingerprint density at radius 2 is 2.00 bits per heavy atom. The Morgan fingerprint density at radius 1 is 1.28 bits per heavy atom. The highest BCUT2D eigenvalue weighted by molar-refractivity contribution is 5.89. The Bertz CT molecular complexity index is 382. The molecule has 6 heteroatoms. The maximum Gasteiger partial charge on any atom is 0.307 e. The predicted molar refractivity (Wildman–Crippen MR) is 62.7 cm³/mol. The van der Waals surface area contributed by atoms with E-state index in [4.69, 9.17) is 5.11 Å². The zero-order valence-electron chi connectivity index (χ0n) is 10.4. The van der Waals surface area contributed by atoms with Crippen LogP contribution in [-0.4, -0.2) is 46.9 Å². The number of piperidine rings is 1. The molecular weight excluding hydrogens is 236 g/mol. The van der Waals surface area contributed by atoms with E-state index in [1.807, 2.05) is 0 Å². The average Bonchev–Trinajstić information content (AvgIpc) is 3.07. The van der Waals surface area contributed by atoms with E-state index < -0.39 is 11.9 Å². The minimum Gasteiger partial charge on any atom is -0.481 e. The number of likely N-dealkylation sites (tertiary alicyclic amines) is 1. The fraction of sp³-hybridized carbons (Fsp3) is 0.750. The van der Waals surface area contributed by atoms with Gasteiger partial charge in [0.05, 0.1) is 11.8 Å². The quantitative estimate of drug-likeness (QED) is 0.732. The summed E-state index contributed by atoms with van der Waals surface area (Å²) in [7, 11) is 0. The van der Waals surface area contributed by atoms with Crippen LogP contribution in [0.15, 0.2) is 0 Å². The Morgan fingerprint density at radius 3 is 2.56 bits per heavy atom. The second-order valence-electron chi connectivity index (χ2n) is 5.11. The van der Waals surface area contributed by atoms with Gasteiger partial charge in [0.2, 0.25) is 11.8 Å².